The van der Waals surface area contributed by atoms with Crippen LogP contribution in [0.15, 0.2) is 53.2 Å². The summed E-state index contributed by atoms with van der Waals surface area (Å²) < 4.78 is 30.3. The number of piperidine rings is 1. The van der Waals surface area contributed by atoms with Crippen molar-refractivity contribution in [3.05, 3.63) is 81.5 Å². The van der Waals surface area contributed by atoms with Crippen molar-refractivity contribution < 1.29 is 18.4 Å². The number of carbonyl (C=O) groups excluding carboxylic acids is 2. The Hall–Kier alpha value is -4.42. The second kappa shape index (κ2) is 11.5. The van der Waals surface area contributed by atoms with Crippen LogP contribution in [0, 0.1) is 18.6 Å². The van der Waals surface area contributed by atoms with Crippen LogP contribution in [-0.2, 0) is 6.54 Å². The maximum Gasteiger partial charge on any atom is 0.328 e. The number of para-hydroxylation sites is 1. The van der Waals surface area contributed by atoms with Gasteiger partial charge >= 0.3 is 6.03 Å². The summed E-state index contributed by atoms with van der Waals surface area (Å²) in [7, 11) is 0. The van der Waals surface area contributed by atoms with Crippen molar-refractivity contribution in [3.63, 3.8) is 0 Å². The molecular formula is C33H35F2N7O2S. The fourth-order valence-electron chi connectivity index (χ4n) is 6.52. The van der Waals surface area contributed by atoms with E-state index in [4.69, 9.17) is 9.97 Å². The van der Waals surface area contributed by atoms with Crippen LogP contribution in [0.3, 0.4) is 0 Å². The first kappa shape index (κ1) is 30.6. The molecule has 6 rings (SSSR count). The van der Waals surface area contributed by atoms with E-state index in [0.29, 0.717) is 28.1 Å². The molecule has 0 atom stereocenters. The molecule has 12 heteroatoms. The number of thiophene rings is 1. The highest BCUT2D eigenvalue weighted by Gasteiger charge is 2.39. The quantitative estimate of drug-likeness (QED) is 0.180. The van der Waals surface area contributed by atoms with Crippen LogP contribution in [0.5, 0.6) is 0 Å². The number of amides is 3. The second-order valence-electron chi connectivity index (χ2n) is 12.9. The van der Waals surface area contributed by atoms with E-state index in [-0.39, 0.29) is 41.3 Å². The van der Waals surface area contributed by atoms with Crippen molar-refractivity contribution in [3.8, 4) is 11.3 Å². The number of hydrogen-bond acceptors (Lipinski definition) is 7. The smallest absolute Gasteiger partial charge is 0.328 e. The van der Waals surface area contributed by atoms with E-state index in [1.165, 1.54) is 17.4 Å². The summed E-state index contributed by atoms with van der Waals surface area (Å²) in [5.74, 6) is -1.74. The van der Waals surface area contributed by atoms with Gasteiger partial charge in [0.2, 0.25) is 5.95 Å². The summed E-state index contributed by atoms with van der Waals surface area (Å²) in [5, 5.41) is 16.4. The Morgan fingerprint density at radius 3 is 2.42 bits per heavy atom. The van der Waals surface area contributed by atoms with Gasteiger partial charge in [-0.3, -0.25) is 4.79 Å². The van der Waals surface area contributed by atoms with Gasteiger partial charge in [-0.15, -0.1) is 0 Å². The average Bonchev–Trinajstić information content (AvgIpc) is 3.48. The topological polar surface area (TPSA) is 111 Å². The summed E-state index contributed by atoms with van der Waals surface area (Å²) in [6.45, 7) is 10.5. The van der Waals surface area contributed by atoms with Crippen LogP contribution in [0.25, 0.3) is 11.3 Å². The Balaban J connectivity index is 1.49. The zero-order chi connectivity index (χ0) is 32.1. The van der Waals surface area contributed by atoms with Gasteiger partial charge in [0.25, 0.3) is 5.91 Å². The molecule has 2 aliphatic rings. The van der Waals surface area contributed by atoms with Crippen molar-refractivity contribution in [1.29, 1.82) is 0 Å². The van der Waals surface area contributed by atoms with E-state index in [9.17, 15) is 9.59 Å². The molecule has 45 heavy (non-hydrogen) atoms. The Labute approximate surface area is 264 Å². The maximum absolute atomic E-state index is 15.2. The number of aryl methyl sites for hydroxylation is 1. The highest BCUT2D eigenvalue weighted by Crippen LogP contribution is 2.40. The molecular weight excluding hydrogens is 596 g/mol. The van der Waals surface area contributed by atoms with Gasteiger partial charge < -0.3 is 21.3 Å². The summed E-state index contributed by atoms with van der Waals surface area (Å²) in [4.78, 5) is 36.8. The summed E-state index contributed by atoms with van der Waals surface area (Å²) >= 11 is 1.43. The van der Waals surface area contributed by atoms with Crippen LogP contribution in [0.4, 0.5) is 36.7 Å². The molecule has 4 aromatic rings. The summed E-state index contributed by atoms with van der Waals surface area (Å²) in [6, 6.07) is 9.94. The van der Waals surface area contributed by atoms with E-state index in [1.807, 2.05) is 24.4 Å². The molecule has 0 spiro atoms. The van der Waals surface area contributed by atoms with Crippen LogP contribution in [0.2, 0.25) is 0 Å². The molecule has 2 aromatic heterocycles. The molecule has 1 fully saturated rings. The van der Waals surface area contributed by atoms with Crippen LogP contribution >= 0.6 is 11.3 Å². The zero-order valence-electron chi connectivity index (χ0n) is 25.7. The fraction of sp³-hybridized carbons (Fsp3) is 0.333. The van der Waals surface area contributed by atoms with Crippen LogP contribution in [-0.4, -0.2) is 39.0 Å². The van der Waals surface area contributed by atoms with Crippen LogP contribution in [0.1, 0.15) is 62.0 Å². The second-order valence-corrected chi connectivity index (χ2v) is 13.7. The summed E-state index contributed by atoms with van der Waals surface area (Å²) in [6.07, 6.45) is 1.53. The lowest BCUT2D eigenvalue weighted by molar-refractivity contribution is 0.102. The van der Waals surface area contributed by atoms with Crippen molar-refractivity contribution in [1.82, 2.24) is 20.6 Å². The van der Waals surface area contributed by atoms with Gasteiger partial charge in [-0.1, -0.05) is 12.1 Å². The average molecular weight is 632 g/mol. The van der Waals surface area contributed by atoms with Gasteiger partial charge in [0, 0.05) is 39.3 Å². The molecule has 3 amide bonds. The highest BCUT2D eigenvalue weighted by atomic mass is 32.1. The van der Waals surface area contributed by atoms with E-state index in [1.54, 1.807) is 17.5 Å². The molecule has 0 radical (unpaired) electrons. The normalized spacial score (nSPS) is 17.4. The first-order chi connectivity index (χ1) is 21.3. The first-order valence-electron chi connectivity index (χ1n) is 14.7. The van der Waals surface area contributed by atoms with E-state index >= 15 is 8.78 Å². The molecule has 0 bridgehead atoms. The number of urea groups is 1. The Morgan fingerprint density at radius 1 is 1.04 bits per heavy atom. The lowest BCUT2D eigenvalue weighted by atomic mass is 9.80. The molecule has 9 nitrogen and oxygen atoms in total. The van der Waals surface area contributed by atoms with Gasteiger partial charge in [0.05, 0.1) is 17.8 Å². The van der Waals surface area contributed by atoms with Crippen molar-refractivity contribution >= 4 is 46.4 Å². The van der Waals surface area contributed by atoms with E-state index in [2.05, 4.69) is 49.0 Å². The van der Waals surface area contributed by atoms with Crippen molar-refractivity contribution in [2.24, 2.45) is 0 Å². The third-order valence-corrected chi connectivity index (χ3v) is 8.72. The molecule has 0 unspecified atom stereocenters. The zero-order valence-corrected chi connectivity index (χ0v) is 26.5. The minimum atomic E-state index is -0.899. The minimum absolute atomic E-state index is 0.0319. The maximum atomic E-state index is 15.2. The van der Waals surface area contributed by atoms with E-state index in [0.717, 1.165) is 35.4 Å². The number of halogens is 2. The predicted octanol–water partition coefficient (Wildman–Crippen LogP) is 7.13. The molecule has 2 aromatic carbocycles. The lowest BCUT2D eigenvalue weighted by Crippen LogP contribution is -2.60. The van der Waals surface area contributed by atoms with Gasteiger partial charge in [0.15, 0.2) is 5.82 Å². The Kier molecular flexibility index (Phi) is 7.82. The van der Waals surface area contributed by atoms with Crippen molar-refractivity contribution in [2.75, 3.05) is 15.5 Å². The molecule has 234 valence electrons. The third kappa shape index (κ3) is 6.25. The fourth-order valence-corrected chi connectivity index (χ4v) is 7.15. The van der Waals surface area contributed by atoms with Gasteiger partial charge in [-0.05, 0) is 88.7 Å². The number of anilines is 4. The van der Waals surface area contributed by atoms with E-state index < -0.39 is 23.4 Å². The standard InChI is InChI=1S/C33H35F2N7O2S/c1-18-9-10-20(37-29(43)19-11-12-45-17-19)13-22(18)26-23-16-36-31(44)42(27-24(34)7-6-8-25(27)35)28(23)40-30(39-26)38-21-14-32(2,3)41-33(4,5)15-21/h6-13,17,21,41H,14-16H2,1-5H3,(H,36,44)(H,37,43)(H,38,39,40). The largest absolute Gasteiger partial charge is 0.351 e. The number of hydrogen-bond donors (Lipinski definition) is 4. The van der Waals surface area contributed by atoms with Crippen molar-refractivity contribution in [2.45, 2.75) is 71.1 Å². The summed E-state index contributed by atoms with van der Waals surface area (Å²) in [5.41, 5.74) is 2.70. The van der Waals surface area contributed by atoms with Crippen LogP contribution < -0.4 is 26.2 Å². The number of rotatable bonds is 6. The number of nitrogens with one attached hydrogen (secondary N) is 4. The number of carbonyl (C=O) groups is 2. The first-order valence-corrected chi connectivity index (χ1v) is 15.7. The number of fused-ring (bicyclic) bond motifs is 1. The Morgan fingerprint density at radius 2 is 1.76 bits per heavy atom. The molecule has 0 aliphatic carbocycles. The molecule has 4 heterocycles. The predicted molar refractivity (Wildman–Crippen MR) is 173 cm³/mol. The number of nitrogens with zero attached hydrogens (tertiary/aromatic N) is 3. The molecule has 1 saturated heterocycles. The van der Waals surface area contributed by atoms with Gasteiger partial charge in [0.1, 0.15) is 17.3 Å². The molecule has 0 saturated carbocycles. The SMILES string of the molecule is Cc1ccc(NC(=O)c2ccsc2)cc1-c1nc(NC2CC(C)(C)NC(C)(C)C2)nc2c1CNC(=O)N2c1c(F)cccc1F. The monoisotopic (exact) mass is 631 g/mol. The molecule has 2 aliphatic heterocycles. The minimum Gasteiger partial charge on any atom is -0.351 e. The van der Waals surface area contributed by atoms with Gasteiger partial charge in [-0.2, -0.15) is 16.3 Å². The Bertz CT molecular complexity index is 1760. The number of benzene rings is 2. The lowest BCUT2D eigenvalue weighted by Gasteiger charge is -2.46. The third-order valence-electron chi connectivity index (χ3n) is 8.04. The number of aromatic nitrogens is 2. The molecule has 4 N–H and O–H groups in total. The van der Waals surface area contributed by atoms with Gasteiger partial charge in [-0.25, -0.2) is 23.5 Å². The highest BCUT2D eigenvalue weighted by molar-refractivity contribution is 7.08.